The lowest BCUT2D eigenvalue weighted by molar-refractivity contribution is -0.147. The summed E-state index contributed by atoms with van der Waals surface area (Å²) < 4.78 is 142. The van der Waals surface area contributed by atoms with Gasteiger partial charge in [-0.3, -0.25) is 4.79 Å². The molecule has 0 bridgehead atoms. The van der Waals surface area contributed by atoms with Gasteiger partial charge in [0.05, 0.1) is 64.5 Å². The van der Waals surface area contributed by atoms with Crippen molar-refractivity contribution < 1.29 is 76.5 Å². The van der Waals surface area contributed by atoms with Crippen molar-refractivity contribution in [1.82, 2.24) is 0 Å². The number of carbonyl (C=O) groups is 3. The largest absolute Gasteiger partial charge is 0.464 e. The summed E-state index contributed by atoms with van der Waals surface area (Å²) in [7, 11) is -15.7. The molecule has 0 N–H and O–H groups in total. The summed E-state index contributed by atoms with van der Waals surface area (Å²) in [6.07, 6.45) is 0.602. The molecule has 0 saturated carbocycles. The molecule has 114 heavy (non-hydrogen) atoms. The molecular weight excluding hydrogens is 1520 g/mol. The monoisotopic (exact) mass is 1600 g/mol. The molecule has 19 nitrogen and oxygen atoms in total. The zero-order valence-electron chi connectivity index (χ0n) is 63.3. The van der Waals surface area contributed by atoms with E-state index in [2.05, 4.69) is 12.1 Å². The van der Waals surface area contributed by atoms with Gasteiger partial charge in [0.15, 0.2) is 0 Å². The van der Waals surface area contributed by atoms with Crippen molar-refractivity contribution >= 4 is 57.1 Å². The van der Waals surface area contributed by atoms with Crippen molar-refractivity contribution in [2.75, 3.05) is 13.2 Å². The fraction of sp³-hybridized carbons (Fsp3) is 0.154. The van der Waals surface area contributed by atoms with Crippen molar-refractivity contribution in [1.29, 1.82) is 10.5 Å². The van der Waals surface area contributed by atoms with Crippen LogP contribution in [0.5, 0.6) is 46.0 Å². The highest BCUT2D eigenvalue weighted by Crippen LogP contribution is 2.40. The average molecular weight is 1600 g/mol. The van der Waals surface area contributed by atoms with E-state index in [1.807, 2.05) is 83.1 Å². The van der Waals surface area contributed by atoms with E-state index in [1.54, 1.807) is 93.6 Å². The topological polar surface area (TPSA) is 291 Å². The number of hydrogen-bond donors (Lipinski definition) is 0. The Labute approximate surface area is 663 Å². The number of carbonyl (C=O) groups excluding carboxylic acids is 3. The molecule has 12 rings (SSSR count). The first-order valence-electron chi connectivity index (χ1n) is 35.9. The summed E-state index contributed by atoms with van der Waals surface area (Å²) in [5.74, 6) is 2.09. The van der Waals surface area contributed by atoms with Crippen molar-refractivity contribution in [2.24, 2.45) is 5.41 Å². The molecule has 0 aromatic heterocycles. The maximum absolute atomic E-state index is 13.6. The van der Waals surface area contributed by atoms with Crippen LogP contribution in [-0.4, -0.2) is 64.6 Å². The summed E-state index contributed by atoms with van der Waals surface area (Å²) >= 11 is 0. The Morgan fingerprint density at radius 1 is 0.298 bits per heavy atom. The molecule has 0 aliphatic heterocycles. The van der Waals surface area contributed by atoms with Crippen LogP contribution in [0.15, 0.2) is 330 Å². The summed E-state index contributed by atoms with van der Waals surface area (Å²) in [5, 5.41) is 20.7. The van der Waals surface area contributed by atoms with Crippen LogP contribution in [0.2, 0.25) is 0 Å². The molecule has 2 atom stereocenters. The van der Waals surface area contributed by atoms with E-state index < -0.39 is 67.5 Å². The van der Waals surface area contributed by atoms with Gasteiger partial charge in [0.2, 0.25) is 50.2 Å². The first-order chi connectivity index (χ1) is 54.3. The van der Waals surface area contributed by atoms with E-state index in [4.69, 9.17) is 28.4 Å². The summed E-state index contributed by atoms with van der Waals surface area (Å²) in [5.41, 5.74) is 1.27. The number of esters is 2. The van der Waals surface area contributed by atoms with Crippen LogP contribution in [0.4, 0.5) is 0 Å². The zero-order valence-corrected chi connectivity index (χ0v) is 66.6. The van der Waals surface area contributed by atoms with Crippen LogP contribution in [0.3, 0.4) is 0 Å². The lowest BCUT2D eigenvalue weighted by Gasteiger charge is -2.26. The first kappa shape index (κ1) is 82.2. The Balaban J connectivity index is 0.000000226. The minimum Gasteiger partial charge on any atom is -0.464 e. The molecule has 0 spiro atoms. The maximum Gasteiger partial charge on any atom is 0.335 e. The Hall–Kier alpha value is -12.8. The fourth-order valence-electron chi connectivity index (χ4n) is 12.1. The van der Waals surface area contributed by atoms with E-state index in [0.717, 1.165) is 22.3 Å². The summed E-state index contributed by atoms with van der Waals surface area (Å²) in [6.45, 7) is 14.6. The normalized spacial score (nSPS) is 12.6. The Kier molecular flexibility index (Phi) is 24.8. The lowest BCUT2D eigenvalue weighted by atomic mass is 9.75. The molecule has 0 aliphatic carbocycles. The molecule has 12 aromatic rings. The molecule has 0 heterocycles. The zero-order chi connectivity index (χ0) is 81.8. The second kappa shape index (κ2) is 34.5. The Bertz CT molecular complexity index is 6040. The molecule has 578 valence electrons. The number of Topliss-reactive ketones (excluding diaryl/α,β-unsaturated/α-hetero) is 1. The fourth-order valence-corrected chi connectivity index (χ4v) is 17.2. The van der Waals surface area contributed by atoms with Gasteiger partial charge in [-0.05, 0) is 270 Å². The highest BCUT2D eigenvalue weighted by atomic mass is 32.2. The third-order valence-corrected chi connectivity index (χ3v) is 26.1. The van der Waals surface area contributed by atoms with Gasteiger partial charge < -0.3 is 28.4 Å². The molecule has 12 aromatic carbocycles. The van der Waals surface area contributed by atoms with Crippen LogP contribution >= 0.6 is 0 Å². The second-order valence-corrected chi connectivity index (χ2v) is 35.1. The van der Waals surface area contributed by atoms with Crippen molar-refractivity contribution in [3.63, 3.8) is 0 Å². The van der Waals surface area contributed by atoms with E-state index in [9.17, 15) is 58.6 Å². The minimum absolute atomic E-state index is 0.00482. The van der Waals surface area contributed by atoms with Gasteiger partial charge in [-0.1, -0.05) is 128 Å². The second-order valence-electron chi connectivity index (χ2n) is 27.3. The van der Waals surface area contributed by atoms with Gasteiger partial charge in [0.1, 0.15) is 51.8 Å². The smallest absolute Gasteiger partial charge is 0.335 e. The van der Waals surface area contributed by atoms with Crippen LogP contribution in [0.1, 0.15) is 79.1 Å². The van der Waals surface area contributed by atoms with Gasteiger partial charge in [-0.25, -0.2) is 43.3 Å². The maximum atomic E-state index is 13.6. The van der Waals surface area contributed by atoms with E-state index in [1.165, 1.54) is 170 Å². The van der Waals surface area contributed by atoms with Gasteiger partial charge in [-0.15, -0.1) is 0 Å². The van der Waals surface area contributed by atoms with E-state index in [0.29, 0.717) is 63.5 Å². The quantitative estimate of drug-likeness (QED) is 0.0432. The molecule has 2 unspecified atom stereocenters. The van der Waals surface area contributed by atoms with Crippen molar-refractivity contribution in [3.8, 4) is 58.1 Å². The van der Waals surface area contributed by atoms with Crippen molar-refractivity contribution in [2.45, 2.75) is 112 Å². The first-order valence-corrected chi connectivity index (χ1v) is 41.8. The van der Waals surface area contributed by atoms with Crippen LogP contribution in [0, 0.1) is 48.8 Å². The third kappa shape index (κ3) is 18.1. The number of ether oxygens (including phenoxy) is 6. The van der Waals surface area contributed by atoms with E-state index in [-0.39, 0.29) is 69.3 Å². The van der Waals surface area contributed by atoms with Gasteiger partial charge in [0, 0.05) is 5.41 Å². The summed E-state index contributed by atoms with van der Waals surface area (Å²) in [4.78, 5) is 38.6. The van der Waals surface area contributed by atoms with Gasteiger partial charge in [-0.2, -0.15) is 10.5 Å². The SMILES string of the molecule is CCOC(=O)C(C#N)(c1ccc(C)cc1)c1ccc(S(=O)(=O)c2ccc(Oc3ccc(S(=O)(=O)c4ccc(Oc5ccc(C)cc5)cc4)cc3)cc2)cc1.CCOC(=O)C(C#N)(c1ccc(C)cc1)c1ccc(S(=O)(=O)c2ccc(Oc3ccc(S(=O)(=O)c4ccc(Oc5ccc(CC(C)(C)C(C)=O)cc5)cc4)cc3)cc2)cc1. The minimum atomic E-state index is -4.01. The van der Waals surface area contributed by atoms with Crippen LogP contribution in [-0.2, 0) is 80.5 Å². The molecule has 23 heteroatoms. The number of aryl methyl sites for hydroxylation is 3. The van der Waals surface area contributed by atoms with E-state index >= 15 is 0 Å². The molecule has 0 radical (unpaired) electrons. The number of nitriles is 2. The van der Waals surface area contributed by atoms with Gasteiger partial charge >= 0.3 is 11.9 Å². The molecule has 0 saturated heterocycles. The number of hydrogen-bond acceptors (Lipinski definition) is 19. The average Bonchev–Trinajstić information content (AvgIpc) is 0.760. The predicted molar refractivity (Wildman–Crippen MR) is 428 cm³/mol. The van der Waals surface area contributed by atoms with Crippen LogP contribution < -0.4 is 18.9 Å². The number of rotatable bonds is 27. The molecular formula is C91H78N2O17S4. The number of benzene rings is 12. The highest BCUT2D eigenvalue weighted by Gasteiger charge is 2.46. The third-order valence-electron chi connectivity index (χ3n) is 19.0. The van der Waals surface area contributed by atoms with Gasteiger partial charge in [0.25, 0.3) is 0 Å². The van der Waals surface area contributed by atoms with Crippen LogP contribution in [0.25, 0.3) is 0 Å². The lowest BCUT2D eigenvalue weighted by Crippen LogP contribution is -2.37. The number of ketones is 1. The number of sulfone groups is 4. The number of nitrogens with zero attached hydrogens (tertiary/aromatic N) is 2. The predicted octanol–water partition coefficient (Wildman–Crippen LogP) is 18.7. The highest BCUT2D eigenvalue weighted by molar-refractivity contribution is 7.92. The molecule has 0 aliphatic rings. The molecule has 0 fully saturated rings. The van der Waals surface area contributed by atoms with Crippen molar-refractivity contribution in [3.05, 3.63) is 336 Å². The Morgan fingerprint density at radius 2 is 0.474 bits per heavy atom. The summed E-state index contributed by atoms with van der Waals surface area (Å²) in [6, 6.07) is 79.8. The Morgan fingerprint density at radius 3 is 0.667 bits per heavy atom. The molecule has 0 amide bonds. The standard InChI is InChI=1S/C48H43NO9S2.C43H35NO8S2/c1-6-56-46(51)48(32-49,36-11-7-33(2)8-12-36)37-13-23-42(24-14-37)59(52,53)43-25-19-40(20-26-43)58-41-21-29-45(30-22-41)60(54,55)44-27-17-39(18-28-44)57-38-15-9-35(10-16-38)31-47(4,5)34(3)50;1-4-50-42(45)43(29-44,32-9-5-30(2)6-10-32)33-11-21-38(22-12-33)53(46,47)39-23-17-36(18-24-39)52-37-19-27-41(28-20-37)54(48,49)40-25-15-35(16-26-40)51-34-13-7-31(3)8-14-34/h7-30H,6,31H2,1-5H3;5-28H,4H2,1-3H3.